The van der Waals surface area contributed by atoms with E-state index in [4.69, 9.17) is 27.3 Å². The van der Waals surface area contributed by atoms with E-state index in [1.165, 1.54) is 12.3 Å². The van der Waals surface area contributed by atoms with Gasteiger partial charge in [-0.2, -0.15) is 0 Å². The van der Waals surface area contributed by atoms with E-state index < -0.39 is 5.24 Å². The van der Waals surface area contributed by atoms with Crippen LogP contribution in [-0.4, -0.2) is 142 Å². The van der Waals surface area contributed by atoms with Crippen LogP contribution in [0.25, 0.3) is 44.3 Å². The molecule has 408 valence electrons. The van der Waals surface area contributed by atoms with Crippen LogP contribution < -0.4 is 16.4 Å². The molecule has 0 bridgehead atoms. The number of nitrogens with zero attached hydrogens (tertiary/aromatic N) is 9. The lowest BCUT2D eigenvalue weighted by atomic mass is 10.0. The van der Waals surface area contributed by atoms with E-state index in [1.54, 1.807) is 55.0 Å². The molecule has 22 heteroatoms. The van der Waals surface area contributed by atoms with Crippen molar-refractivity contribution < 1.29 is 19.2 Å². The molecule has 6 N–H and O–H groups in total. The van der Waals surface area contributed by atoms with Gasteiger partial charge < -0.3 is 41.0 Å². The number of rotatable bonds is 15. The Hall–Kier alpha value is -7.17. The summed E-state index contributed by atoms with van der Waals surface area (Å²) in [6, 6.07) is 23.2. The average Bonchev–Trinajstić information content (AvgIpc) is 4.24. The van der Waals surface area contributed by atoms with Crippen LogP contribution in [-0.2, 0) is 16.0 Å². The number of anilines is 3. The fourth-order valence-corrected chi connectivity index (χ4v) is 10.1. The number of para-hydroxylation sites is 2. The van der Waals surface area contributed by atoms with Crippen molar-refractivity contribution in [2.45, 2.75) is 44.2 Å². The number of amides is 2. The van der Waals surface area contributed by atoms with Crippen molar-refractivity contribution in [1.82, 2.24) is 54.6 Å². The fraction of sp³-hybridized carbons (Fsp3) is 0.263. The predicted molar refractivity (Wildman–Crippen MR) is 322 cm³/mol. The molecule has 10 rings (SSSR count). The molecule has 2 aliphatic heterocycles. The first-order chi connectivity index (χ1) is 38.2. The number of pyridine rings is 2. The number of piperidine rings is 2. The minimum absolute atomic E-state index is 0.00989. The molecule has 2 amide bonds. The van der Waals surface area contributed by atoms with Crippen molar-refractivity contribution in [2.24, 2.45) is 0 Å². The van der Waals surface area contributed by atoms with Crippen LogP contribution in [0.4, 0.5) is 17.6 Å². The number of ketones is 1. The zero-order chi connectivity index (χ0) is 55.8. The van der Waals surface area contributed by atoms with Gasteiger partial charge in [-0.05, 0) is 131 Å². The SMILES string of the molecule is CN(C)C/C=C/C(=O)Cc1ccc(C(=O)N2CCC[C@@H](Nc3ncc(Br)c(-c4c[nH]c5ccccc45)n3)C2)nc1.Nc1ccc(C(=O)N2CCC[C@@H](Nc3ncc(Br)c(-c4c[nH]c5ccccc45)n3)C2)nc1.O=C(Cl)/C=C/CBr. The number of aromatic nitrogens is 8. The summed E-state index contributed by atoms with van der Waals surface area (Å²) in [5.41, 5.74) is 13.5. The molecule has 0 radical (unpaired) electrons. The zero-order valence-corrected chi connectivity index (χ0v) is 48.9. The lowest BCUT2D eigenvalue weighted by Gasteiger charge is -2.33. The first-order valence-electron chi connectivity index (χ1n) is 25.4. The number of benzene rings is 2. The van der Waals surface area contributed by atoms with E-state index in [-0.39, 0.29) is 36.1 Å². The highest BCUT2D eigenvalue weighted by Gasteiger charge is 2.28. The third kappa shape index (κ3) is 16.0. The van der Waals surface area contributed by atoms with E-state index in [1.807, 2.05) is 83.7 Å². The van der Waals surface area contributed by atoms with E-state index in [2.05, 4.69) is 100 Å². The molecule has 2 aromatic carbocycles. The number of H-pyrrole nitrogens is 2. The van der Waals surface area contributed by atoms with E-state index >= 15 is 0 Å². The lowest BCUT2D eigenvalue weighted by Crippen LogP contribution is -2.45. The molecule has 18 nitrogen and oxygen atoms in total. The summed E-state index contributed by atoms with van der Waals surface area (Å²) >= 11 is 15.2. The van der Waals surface area contributed by atoms with E-state index in [0.717, 1.165) is 84.5 Å². The molecule has 0 unspecified atom stereocenters. The first-order valence-corrected chi connectivity index (χ1v) is 28.5. The number of aromatic amines is 2. The smallest absolute Gasteiger partial charge is 0.272 e. The van der Waals surface area contributed by atoms with Gasteiger partial charge >= 0.3 is 0 Å². The number of hydrogen-bond acceptors (Lipinski definition) is 14. The third-order valence-corrected chi connectivity index (χ3v) is 14.5. The van der Waals surface area contributed by atoms with Gasteiger partial charge in [0.05, 0.1) is 32.2 Å². The van der Waals surface area contributed by atoms with Crippen LogP contribution in [0.5, 0.6) is 0 Å². The number of likely N-dealkylation sites (N-methyl/N-ethyl adjacent to an activating group) is 1. The fourth-order valence-electron chi connectivity index (χ4n) is 9.01. The van der Waals surface area contributed by atoms with Crippen LogP contribution in [0.2, 0.25) is 0 Å². The number of carbonyl (C=O) groups is 4. The molecule has 8 heterocycles. The average molecular weight is 1280 g/mol. The summed E-state index contributed by atoms with van der Waals surface area (Å²) in [5.74, 6) is 0.864. The number of halogens is 4. The van der Waals surface area contributed by atoms with Gasteiger partial charge in [-0.25, -0.2) is 24.9 Å². The predicted octanol–water partition coefficient (Wildman–Crippen LogP) is 10.5. The maximum Gasteiger partial charge on any atom is 0.272 e. The molecule has 0 saturated carbocycles. The number of nitrogens with one attached hydrogen (secondary N) is 4. The molecule has 2 saturated heterocycles. The number of hydrogen-bond donors (Lipinski definition) is 5. The number of fused-ring (bicyclic) bond motifs is 2. The van der Waals surface area contributed by atoms with Crippen molar-refractivity contribution >= 4 is 122 Å². The van der Waals surface area contributed by atoms with Gasteiger partial charge in [-0.1, -0.05) is 70.5 Å². The minimum Gasteiger partial charge on any atom is -0.397 e. The van der Waals surface area contributed by atoms with Crippen molar-refractivity contribution in [3.05, 3.63) is 160 Å². The molecule has 79 heavy (non-hydrogen) atoms. The number of carbonyl (C=O) groups excluding carboxylic acids is 4. The first kappa shape index (κ1) is 58.0. The Morgan fingerprint density at radius 1 is 0.696 bits per heavy atom. The Balaban J connectivity index is 0.000000189. The molecule has 6 aromatic heterocycles. The Morgan fingerprint density at radius 3 is 1.67 bits per heavy atom. The summed E-state index contributed by atoms with van der Waals surface area (Å²) in [6.45, 7) is 3.16. The van der Waals surface area contributed by atoms with E-state index in [9.17, 15) is 19.2 Å². The maximum absolute atomic E-state index is 13.2. The van der Waals surface area contributed by atoms with Crippen LogP contribution in [0.3, 0.4) is 0 Å². The Bertz CT molecular complexity index is 3460. The molecular formula is C57H58Br3ClN14O4. The largest absolute Gasteiger partial charge is 0.397 e. The standard InChI is InChI=1S/C30H32BrN7O2.C23H22BrN7O.C4H4BrClO/c1-37(2)13-6-8-22(39)15-20-11-12-27(32-16-20)29(40)38-14-5-7-21(19-38)35-30-34-18-25(31)28(36-30)24-17-33-26-10-4-3-9-23(24)26;24-18-12-28-23(30-21(18)17-11-27-19-6-2-1-5-16(17)19)29-15-4-3-9-31(13-15)22(32)20-8-7-14(25)10-26-20;5-3-1-2-4(6)7/h3-4,6,8-12,16-18,21,33H,5,7,13-15,19H2,1-2H3,(H,34,35,36);1-2,5-8,10-12,15,27H,3-4,9,13,25H2,(H,28,29,30);1-2H,3H2/b8-6+;;2-1+/t21-;15-;/m11./s1. The van der Waals surface area contributed by atoms with Crippen molar-refractivity contribution in [2.75, 3.05) is 68.5 Å². The van der Waals surface area contributed by atoms with Crippen molar-refractivity contribution in [3.63, 3.8) is 0 Å². The highest BCUT2D eigenvalue weighted by Crippen LogP contribution is 2.34. The van der Waals surface area contributed by atoms with E-state index in [0.29, 0.717) is 67.0 Å². The second-order valence-electron chi connectivity index (χ2n) is 18.9. The summed E-state index contributed by atoms with van der Waals surface area (Å²) < 4.78 is 1.63. The number of nitrogens with two attached hydrogens (primary N) is 1. The molecule has 2 atom stereocenters. The van der Waals surface area contributed by atoms with Crippen LogP contribution in [0, 0.1) is 0 Å². The Morgan fingerprint density at radius 2 is 1.22 bits per heavy atom. The van der Waals surface area contributed by atoms with Gasteiger partial charge in [0.1, 0.15) is 11.4 Å². The third-order valence-electron chi connectivity index (χ3n) is 12.8. The second kappa shape index (κ2) is 28.1. The number of allylic oxidation sites excluding steroid dienone is 3. The van der Waals surface area contributed by atoms with Crippen LogP contribution >= 0.6 is 59.4 Å². The number of likely N-dealkylation sites (tertiary alicyclic amines) is 2. The van der Waals surface area contributed by atoms with Crippen LogP contribution in [0.15, 0.2) is 143 Å². The molecule has 2 fully saturated rings. The summed E-state index contributed by atoms with van der Waals surface area (Å²) in [6.07, 6.45) is 20.8. The Labute approximate surface area is 487 Å². The summed E-state index contributed by atoms with van der Waals surface area (Å²) in [5, 5.41) is 9.28. The highest BCUT2D eigenvalue weighted by molar-refractivity contribution is 9.11. The highest BCUT2D eigenvalue weighted by atomic mass is 79.9. The molecule has 0 spiro atoms. The molecular weight excluding hydrogens is 1220 g/mol. The van der Waals surface area contributed by atoms with Crippen LogP contribution in [0.1, 0.15) is 52.2 Å². The van der Waals surface area contributed by atoms with Gasteiger partial charge in [0.2, 0.25) is 17.1 Å². The summed E-state index contributed by atoms with van der Waals surface area (Å²) in [7, 11) is 3.90. The quantitative estimate of drug-likeness (QED) is 0.0365. The second-order valence-corrected chi connectivity index (χ2v) is 21.7. The zero-order valence-electron chi connectivity index (χ0n) is 43.4. The summed E-state index contributed by atoms with van der Waals surface area (Å²) in [4.78, 5) is 87.4. The van der Waals surface area contributed by atoms with Gasteiger partial charge in [0, 0.05) is 120 Å². The lowest BCUT2D eigenvalue weighted by molar-refractivity contribution is -0.114. The van der Waals surface area contributed by atoms with Crippen molar-refractivity contribution in [1.29, 1.82) is 0 Å². The van der Waals surface area contributed by atoms with Gasteiger partial charge in [0.25, 0.3) is 11.8 Å². The topological polar surface area (TPSA) is 237 Å². The molecule has 2 aliphatic rings. The van der Waals surface area contributed by atoms with Gasteiger partial charge in [-0.15, -0.1) is 0 Å². The minimum atomic E-state index is -0.431. The molecule has 8 aromatic rings. The maximum atomic E-state index is 13.2. The van der Waals surface area contributed by atoms with Gasteiger partial charge in [0.15, 0.2) is 5.78 Å². The Kier molecular flexibility index (Phi) is 20.6. The van der Waals surface area contributed by atoms with Gasteiger partial charge in [-0.3, -0.25) is 24.2 Å². The number of alkyl halides is 1. The molecule has 0 aliphatic carbocycles. The number of nitrogen functional groups attached to an aromatic ring is 1. The normalized spacial score (nSPS) is 15.4. The monoisotopic (exact) mass is 1270 g/mol. The van der Waals surface area contributed by atoms with Crippen molar-refractivity contribution in [3.8, 4) is 22.5 Å².